The third-order valence-corrected chi connectivity index (χ3v) is 6.45. The number of aromatic amines is 1. The third-order valence-electron chi connectivity index (χ3n) is 6.45. The second-order valence-corrected chi connectivity index (χ2v) is 8.83. The molecule has 2 amide bonds. The first kappa shape index (κ1) is 22.4. The number of benzene rings is 2. The maximum atomic E-state index is 13.3. The highest BCUT2D eigenvalue weighted by Crippen LogP contribution is 2.34. The first-order valence-corrected chi connectivity index (χ1v) is 11.2. The molecule has 1 unspecified atom stereocenters. The van der Waals surface area contributed by atoms with Gasteiger partial charge in [-0.25, -0.2) is 9.99 Å². The van der Waals surface area contributed by atoms with Crippen LogP contribution in [0, 0.1) is 5.92 Å². The predicted octanol–water partition coefficient (Wildman–Crippen LogP) is 3.58. The average Bonchev–Trinajstić information content (AvgIpc) is 3.40. The number of halogens is 3. The van der Waals surface area contributed by atoms with Crippen molar-refractivity contribution in [2.24, 2.45) is 5.92 Å². The Hall–Kier alpha value is -3.40. The van der Waals surface area contributed by atoms with Crippen molar-refractivity contribution < 1.29 is 22.8 Å². The lowest BCUT2D eigenvalue weighted by Crippen LogP contribution is -2.46. The maximum absolute atomic E-state index is 13.3. The van der Waals surface area contributed by atoms with E-state index in [2.05, 4.69) is 15.3 Å². The average molecular weight is 471 g/mol. The fourth-order valence-corrected chi connectivity index (χ4v) is 4.73. The van der Waals surface area contributed by atoms with Crippen molar-refractivity contribution in [2.75, 3.05) is 13.1 Å². The molecular formula is C24H24F3N5O2. The molecule has 2 aromatic carbocycles. The minimum atomic E-state index is -4.52. The number of imidazole rings is 1. The van der Waals surface area contributed by atoms with Crippen molar-refractivity contribution in [2.45, 2.75) is 38.5 Å². The molecule has 0 saturated carbocycles. The number of nitrogens with one attached hydrogen (secondary N) is 2. The van der Waals surface area contributed by atoms with E-state index in [-0.39, 0.29) is 35.1 Å². The van der Waals surface area contributed by atoms with Crippen LogP contribution >= 0.6 is 0 Å². The van der Waals surface area contributed by atoms with Gasteiger partial charge < -0.3 is 10.3 Å². The smallest absolute Gasteiger partial charge is 0.342 e. The molecule has 1 saturated heterocycles. The number of para-hydroxylation sites is 1. The zero-order valence-electron chi connectivity index (χ0n) is 18.5. The van der Waals surface area contributed by atoms with Crippen LogP contribution in [-0.4, -0.2) is 44.9 Å². The number of alkyl halides is 3. The zero-order chi connectivity index (χ0) is 24.0. The van der Waals surface area contributed by atoms with Gasteiger partial charge in [0.15, 0.2) is 0 Å². The highest BCUT2D eigenvalue weighted by atomic mass is 19.4. The van der Waals surface area contributed by atoms with Crippen molar-refractivity contribution >= 4 is 22.8 Å². The van der Waals surface area contributed by atoms with Crippen LogP contribution in [0.5, 0.6) is 0 Å². The molecule has 0 spiro atoms. The summed E-state index contributed by atoms with van der Waals surface area (Å²) in [6.07, 6.45) is -3.54. The summed E-state index contributed by atoms with van der Waals surface area (Å²) < 4.78 is 39.9. The number of hydrogen-bond donors (Lipinski definition) is 2. The maximum Gasteiger partial charge on any atom is 0.418 e. The number of H-pyrrole nitrogens is 1. The molecule has 10 heteroatoms. The van der Waals surface area contributed by atoms with Gasteiger partial charge in [-0.3, -0.25) is 14.6 Å². The molecule has 0 radical (unpaired) electrons. The Morgan fingerprint density at radius 1 is 1.21 bits per heavy atom. The standard InChI is InChI=1S/C24H24F3N5O2/c1-14(12-19-28-18-9-4-8-17(21(18)29-19)24(25,26)27)22(33)30-20-16-7-3-2-6-15(16)13-31-10-5-11-32(31)23(20)34/h2-4,6-9,14,20H,5,10-13H2,1H3,(H,28,29)(H,30,33)/t14?,20-/m0/s1. The summed E-state index contributed by atoms with van der Waals surface area (Å²) in [7, 11) is 0. The van der Waals surface area contributed by atoms with Gasteiger partial charge in [0.05, 0.1) is 11.1 Å². The van der Waals surface area contributed by atoms with Crippen LogP contribution in [-0.2, 0) is 28.7 Å². The molecule has 2 aliphatic rings. The Labute approximate surface area is 193 Å². The summed E-state index contributed by atoms with van der Waals surface area (Å²) in [5.41, 5.74) is 1.02. The van der Waals surface area contributed by atoms with E-state index in [1.54, 1.807) is 11.9 Å². The molecule has 178 valence electrons. The van der Waals surface area contributed by atoms with Crippen LogP contribution in [0.1, 0.15) is 41.9 Å². The van der Waals surface area contributed by atoms with E-state index in [0.29, 0.717) is 13.1 Å². The highest BCUT2D eigenvalue weighted by Gasteiger charge is 2.38. The Bertz CT molecular complexity index is 1250. The third kappa shape index (κ3) is 4.02. The SMILES string of the molecule is CC(Cc1nc2c(C(F)(F)F)cccc2[nH]1)C(=O)N[C@@H]1C(=O)N2CCCN2Cc2ccccc21. The van der Waals surface area contributed by atoms with Gasteiger partial charge in [0, 0.05) is 32.0 Å². The fraction of sp³-hybridized carbons (Fsp3) is 0.375. The summed E-state index contributed by atoms with van der Waals surface area (Å²) in [6, 6.07) is 10.6. The zero-order valence-corrected chi connectivity index (χ0v) is 18.5. The molecule has 1 fully saturated rings. The van der Waals surface area contributed by atoms with Gasteiger partial charge in [-0.1, -0.05) is 37.3 Å². The van der Waals surface area contributed by atoms with E-state index >= 15 is 0 Å². The van der Waals surface area contributed by atoms with E-state index in [9.17, 15) is 22.8 Å². The van der Waals surface area contributed by atoms with Crippen molar-refractivity contribution in [3.63, 3.8) is 0 Å². The normalized spacial score (nSPS) is 19.6. The van der Waals surface area contributed by atoms with E-state index in [1.807, 2.05) is 29.3 Å². The van der Waals surface area contributed by atoms with Crippen molar-refractivity contribution in [1.29, 1.82) is 0 Å². The van der Waals surface area contributed by atoms with E-state index in [1.165, 1.54) is 12.1 Å². The predicted molar refractivity (Wildman–Crippen MR) is 118 cm³/mol. The quantitative estimate of drug-likeness (QED) is 0.610. The second kappa shape index (κ2) is 8.43. The molecule has 2 aliphatic heterocycles. The Balaban J connectivity index is 1.36. The van der Waals surface area contributed by atoms with Gasteiger partial charge in [-0.2, -0.15) is 13.2 Å². The number of fused-ring (bicyclic) bond motifs is 3. The highest BCUT2D eigenvalue weighted by molar-refractivity contribution is 5.90. The lowest BCUT2D eigenvalue weighted by molar-refractivity contribution is -0.148. The minimum Gasteiger partial charge on any atom is -0.342 e. The van der Waals surface area contributed by atoms with Gasteiger partial charge in [-0.05, 0) is 29.7 Å². The topological polar surface area (TPSA) is 81.3 Å². The summed E-state index contributed by atoms with van der Waals surface area (Å²) in [6.45, 7) is 3.66. The van der Waals surface area contributed by atoms with E-state index in [4.69, 9.17) is 0 Å². The van der Waals surface area contributed by atoms with Crippen LogP contribution < -0.4 is 5.32 Å². The van der Waals surface area contributed by atoms with Crippen LogP contribution in [0.3, 0.4) is 0 Å². The number of nitrogens with zero attached hydrogens (tertiary/aromatic N) is 3. The summed E-state index contributed by atoms with van der Waals surface area (Å²) >= 11 is 0. The van der Waals surface area contributed by atoms with Crippen LogP contribution in [0.2, 0.25) is 0 Å². The molecule has 0 aliphatic carbocycles. The van der Waals surface area contributed by atoms with Gasteiger partial charge in [-0.15, -0.1) is 0 Å². The van der Waals surface area contributed by atoms with Gasteiger partial charge >= 0.3 is 6.18 Å². The molecule has 7 nitrogen and oxygen atoms in total. The molecule has 34 heavy (non-hydrogen) atoms. The van der Waals surface area contributed by atoms with Gasteiger partial charge in [0.25, 0.3) is 5.91 Å². The molecular weight excluding hydrogens is 447 g/mol. The lowest BCUT2D eigenvalue weighted by atomic mass is 9.98. The molecule has 0 bridgehead atoms. The Kier molecular flexibility index (Phi) is 5.55. The summed E-state index contributed by atoms with van der Waals surface area (Å²) in [5, 5.41) is 6.59. The van der Waals surface area contributed by atoms with Crippen LogP contribution in [0.4, 0.5) is 13.2 Å². The lowest BCUT2D eigenvalue weighted by Gasteiger charge is -2.28. The molecule has 2 atom stereocenters. The molecule has 3 aromatic rings. The Morgan fingerprint density at radius 3 is 2.79 bits per heavy atom. The van der Waals surface area contributed by atoms with Crippen LogP contribution in [0.15, 0.2) is 42.5 Å². The number of carbonyl (C=O) groups excluding carboxylic acids is 2. The monoisotopic (exact) mass is 471 g/mol. The molecule has 2 N–H and O–H groups in total. The van der Waals surface area contributed by atoms with E-state index in [0.717, 1.165) is 30.2 Å². The summed E-state index contributed by atoms with van der Waals surface area (Å²) in [4.78, 5) is 33.4. The number of hydrogen-bond acceptors (Lipinski definition) is 4. The van der Waals surface area contributed by atoms with Crippen molar-refractivity contribution in [1.82, 2.24) is 25.3 Å². The van der Waals surface area contributed by atoms with Crippen LogP contribution in [0.25, 0.3) is 11.0 Å². The second-order valence-electron chi connectivity index (χ2n) is 8.83. The fourth-order valence-electron chi connectivity index (χ4n) is 4.73. The van der Waals surface area contributed by atoms with Crippen molar-refractivity contribution in [3.05, 3.63) is 65.0 Å². The largest absolute Gasteiger partial charge is 0.418 e. The van der Waals surface area contributed by atoms with Gasteiger partial charge in [0.1, 0.15) is 17.4 Å². The number of hydrazine groups is 1. The minimum absolute atomic E-state index is 0.107. The molecule has 5 rings (SSSR count). The number of amides is 2. The Morgan fingerprint density at radius 2 is 2.00 bits per heavy atom. The van der Waals surface area contributed by atoms with Gasteiger partial charge in [0.2, 0.25) is 5.91 Å². The first-order valence-electron chi connectivity index (χ1n) is 11.2. The van der Waals surface area contributed by atoms with Crippen molar-refractivity contribution in [3.8, 4) is 0 Å². The summed E-state index contributed by atoms with van der Waals surface area (Å²) in [5.74, 6) is -0.876. The molecule has 1 aromatic heterocycles. The number of carbonyl (C=O) groups is 2. The van der Waals surface area contributed by atoms with E-state index < -0.39 is 23.7 Å². The number of aromatic nitrogens is 2. The first-order chi connectivity index (χ1) is 16.2. The molecule has 3 heterocycles. The number of rotatable bonds is 4.